The number of anilines is 2. The van der Waals surface area contributed by atoms with Crippen LogP contribution in [0.4, 0.5) is 15.8 Å². The number of benzene rings is 3. The molecule has 3 N–H and O–H groups in total. The van der Waals surface area contributed by atoms with Gasteiger partial charge in [-0.3, -0.25) is 19.8 Å². The summed E-state index contributed by atoms with van der Waals surface area (Å²) < 4.78 is 15.9. The van der Waals surface area contributed by atoms with E-state index >= 15 is 0 Å². The molecule has 7 nitrogen and oxygen atoms in total. The van der Waals surface area contributed by atoms with E-state index in [4.69, 9.17) is 0 Å². The molecule has 0 aliphatic rings. The van der Waals surface area contributed by atoms with Gasteiger partial charge in [0.25, 0.3) is 5.91 Å². The highest BCUT2D eigenvalue weighted by Gasteiger charge is 2.21. The number of carbonyl (C=O) groups excluding carboxylic acids is 3. The Morgan fingerprint density at radius 3 is 2.21 bits per heavy atom. The molecule has 1 heterocycles. The summed E-state index contributed by atoms with van der Waals surface area (Å²) in [7, 11) is 0. The first kappa shape index (κ1) is 22.7. The Bertz CT molecular complexity index is 1390. The molecule has 1 aromatic heterocycles. The molecule has 33 heavy (non-hydrogen) atoms. The molecule has 10 heteroatoms. The molecule has 3 amide bonds. The Morgan fingerprint density at radius 2 is 1.48 bits per heavy atom. The summed E-state index contributed by atoms with van der Waals surface area (Å²) in [6.45, 7) is 0. The van der Waals surface area contributed by atoms with Crippen molar-refractivity contribution in [2.75, 3.05) is 16.1 Å². The molecule has 0 saturated heterocycles. The number of aromatic nitrogens is 1. The van der Waals surface area contributed by atoms with Gasteiger partial charge in [-0.1, -0.05) is 37.9 Å². The van der Waals surface area contributed by atoms with Gasteiger partial charge >= 0.3 is 11.8 Å². The molecule has 0 unspecified atom stereocenters. The maximum atomic E-state index is 13.2. The summed E-state index contributed by atoms with van der Waals surface area (Å²) in [4.78, 5) is 38.1. The molecule has 4 aromatic rings. The van der Waals surface area contributed by atoms with Gasteiger partial charge in [-0.05, 0) is 66.7 Å². The molecule has 0 saturated carbocycles. The highest BCUT2D eigenvalue weighted by atomic mass is 79.9. The highest BCUT2D eigenvalue weighted by molar-refractivity contribution is 9.10. The number of hydrogen-bond acceptors (Lipinski definition) is 3. The molecule has 4 rings (SSSR count). The van der Waals surface area contributed by atoms with E-state index in [1.165, 1.54) is 28.9 Å². The van der Waals surface area contributed by atoms with Gasteiger partial charge in [0.05, 0.1) is 5.52 Å². The number of carbonyl (C=O) groups is 3. The van der Waals surface area contributed by atoms with Gasteiger partial charge in [-0.25, -0.2) is 9.07 Å². The first-order chi connectivity index (χ1) is 15.8. The van der Waals surface area contributed by atoms with Crippen LogP contribution < -0.4 is 16.1 Å². The third-order valence-electron chi connectivity index (χ3n) is 4.60. The van der Waals surface area contributed by atoms with E-state index in [0.29, 0.717) is 22.3 Å². The highest BCUT2D eigenvalue weighted by Crippen LogP contribution is 2.24. The third-order valence-corrected chi connectivity index (χ3v) is 5.59. The minimum atomic E-state index is -0.966. The van der Waals surface area contributed by atoms with Gasteiger partial charge in [0.2, 0.25) is 0 Å². The second-order valence-electron chi connectivity index (χ2n) is 6.93. The zero-order valence-corrected chi connectivity index (χ0v) is 19.9. The second kappa shape index (κ2) is 9.55. The van der Waals surface area contributed by atoms with E-state index in [-0.39, 0.29) is 5.69 Å². The van der Waals surface area contributed by atoms with Crippen LogP contribution in [0.2, 0.25) is 0 Å². The van der Waals surface area contributed by atoms with E-state index in [0.717, 1.165) is 8.95 Å². The quantitative estimate of drug-likeness (QED) is 0.291. The van der Waals surface area contributed by atoms with Crippen LogP contribution in [0.5, 0.6) is 0 Å². The van der Waals surface area contributed by atoms with Crippen molar-refractivity contribution in [3.8, 4) is 0 Å². The molecule has 0 aliphatic carbocycles. The van der Waals surface area contributed by atoms with Crippen LogP contribution in [0.3, 0.4) is 0 Å². The maximum Gasteiger partial charge on any atom is 0.328 e. The molecule has 3 aromatic carbocycles. The molecule has 0 radical (unpaired) electrons. The fourth-order valence-corrected chi connectivity index (χ4v) is 3.89. The predicted molar refractivity (Wildman–Crippen MR) is 131 cm³/mol. The molecule has 166 valence electrons. The fourth-order valence-electron chi connectivity index (χ4n) is 3.11. The smallest absolute Gasteiger partial charge is 0.321 e. The van der Waals surface area contributed by atoms with Gasteiger partial charge in [0.1, 0.15) is 11.5 Å². The molecular weight excluding hydrogens is 559 g/mol. The van der Waals surface area contributed by atoms with Gasteiger partial charge in [-0.15, -0.1) is 0 Å². The topological polar surface area (TPSA) is 92.2 Å². The summed E-state index contributed by atoms with van der Waals surface area (Å²) in [6.07, 6.45) is 0. The van der Waals surface area contributed by atoms with Crippen LogP contribution in [0.25, 0.3) is 10.9 Å². The Labute approximate surface area is 204 Å². The standard InChI is InChI=1S/C23H15Br2FN4O3/c24-14-2-1-3-18(12-14)28-22(32)23(33)29-30-19-9-4-15(25)10-13(19)11-20(30)21(31)27-17-7-5-16(26)6-8-17/h1-12H,(H,27,31)(H,28,32)(H,29,33). The first-order valence-electron chi connectivity index (χ1n) is 9.56. The van der Waals surface area contributed by atoms with Crippen molar-refractivity contribution in [2.45, 2.75) is 0 Å². The minimum absolute atomic E-state index is 0.0797. The number of rotatable bonds is 4. The largest absolute Gasteiger partial charge is 0.328 e. The maximum absolute atomic E-state index is 13.2. The van der Waals surface area contributed by atoms with Gasteiger partial charge in [0.15, 0.2) is 0 Å². The SMILES string of the molecule is O=C(Nc1cccc(Br)c1)C(=O)Nn1c(C(=O)Nc2ccc(F)cc2)cc2cc(Br)ccc21. The van der Waals surface area contributed by atoms with Crippen molar-refractivity contribution in [1.82, 2.24) is 4.68 Å². The third kappa shape index (κ3) is 5.29. The first-order valence-corrected chi connectivity index (χ1v) is 11.1. The second-order valence-corrected chi connectivity index (χ2v) is 8.77. The average molecular weight is 574 g/mol. The summed E-state index contributed by atoms with van der Waals surface area (Å²) >= 11 is 6.68. The van der Waals surface area contributed by atoms with Crippen LogP contribution in [-0.2, 0) is 9.59 Å². The van der Waals surface area contributed by atoms with Gasteiger partial charge < -0.3 is 10.6 Å². The van der Waals surface area contributed by atoms with E-state index < -0.39 is 23.5 Å². The van der Waals surface area contributed by atoms with Crippen molar-refractivity contribution in [2.24, 2.45) is 0 Å². The van der Waals surface area contributed by atoms with Crippen LogP contribution >= 0.6 is 31.9 Å². The molecule has 0 bridgehead atoms. The Kier molecular flexibility index (Phi) is 6.57. The Hall–Kier alpha value is -3.50. The van der Waals surface area contributed by atoms with Crippen molar-refractivity contribution in [3.63, 3.8) is 0 Å². The van der Waals surface area contributed by atoms with Gasteiger partial charge in [-0.2, -0.15) is 0 Å². The van der Waals surface area contributed by atoms with E-state index in [9.17, 15) is 18.8 Å². The average Bonchev–Trinajstić information content (AvgIpc) is 3.12. The van der Waals surface area contributed by atoms with Crippen LogP contribution in [-0.4, -0.2) is 22.4 Å². The molecule has 0 fully saturated rings. The van der Waals surface area contributed by atoms with E-state index in [2.05, 4.69) is 47.9 Å². The number of amides is 3. The van der Waals surface area contributed by atoms with E-state index in [1.807, 2.05) is 0 Å². The normalized spacial score (nSPS) is 10.6. The summed E-state index contributed by atoms with van der Waals surface area (Å²) in [5.41, 5.74) is 3.87. The summed E-state index contributed by atoms with van der Waals surface area (Å²) in [6, 6.07) is 18.8. The van der Waals surface area contributed by atoms with Crippen LogP contribution in [0.1, 0.15) is 10.5 Å². The summed E-state index contributed by atoms with van der Waals surface area (Å²) in [5, 5.41) is 5.82. The monoisotopic (exact) mass is 572 g/mol. The lowest BCUT2D eigenvalue weighted by Crippen LogP contribution is -2.36. The molecular formula is C23H15Br2FN4O3. The number of hydrogen-bond donors (Lipinski definition) is 3. The van der Waals surface area contributed by atoms with Crippen molar-refractivity contribution in [3.05, 3.63) is 93.3 Å². The van der Waals surface area contributed by atoms with Gasteiger partial charge in [0, 0.05) is 25.7 Å². The van der Waals surface area contributed by atoms with Crippen molar-refractivity contribution >= 4 is 71.9 Å². The zero-order chi connectivity index (χ0) is 23.5. The lowest BCUT2D eigenvalue weighted by Gasteiger charge is -2.13. The van der Waals surface area contributed by atoms with Crippen molar-refractivity contribution < 1.29 is 18.8 Å². The molecule has 0 atom stereocenters. The van der Waals surface area contributed by atoms with Crippen LogP contribution in [0, 0.1) is 5.82 Å². The number of nitrogens with zero attached hydrogens (tertiary/aromatic N) is 1. The molecule has 0 spiro atoms. The number of nitrogens with one attached hydrogen (secondary N) is 3. The summed E-state index contributed by atoms with van der Waals surface area (Å²) in [5.74, 6) is -2.86. The molecule has 0 aliphatic heterocycles. The predicted octanol–water partition coefficient (Wildman–Crippen LogP) is 5.27. The van der Waals surface area contributed by atoms with Crippen LogP contribution in [0.15, 0.2) is 81.7 Å². The van der Waals surface area contributed by atoms with E-state index in [1.54, 1.807) is 48.5 Å². The Balaban J connectivity index is 1.62. The number of fused-ring (bicyclic) bond motifs is 1. The zero-order valence-electron chi connectivity index (χ0n) is 16.7. The minimum Gasteiger partial charge on any atom is -0.321 e. The lowest BCUT2D eigenvalue weighted by atomic mass is 10.2. The Morgan fingerprint density at radius 1 is 0.758 bits per heavy atom. The fraction of sp³-hybridized carbons (Fsp3) is 0. The van der Waals surface area contributed by atoms with Crippen molar-refractivity contribution in [1.29, 1.82) is 0 Å². The number of halogens is 3. The lowest BCUT2D eigenvalue weighted by molar-refractivity contribution is -0.133.